The number of carboxylic acid groups (broad SMARTS) is 1. The van der Waals surface area contributed by atoms with E-state index in [1.807, 2.05) is 0 Å². The van der Waals surface area contributed by atoms with Crippen LogP contribution < -0.4 is 14.2 Å². The second-order valence-corrected chi connectivity index (χ2v) is 20.4. The number of esters is 1. The Kier molecular flexibility index (Phi) is 31.6. The van der Waals surface area contributed by atoms with Crippen LogP contribution in [0.25, 0.3) is 34.2 Å². The predicted octanol–water partition coefficient (Wildman–Crippen LogP) is 16.8. The molecule has 4 aromatic rings. The summed E-state index contributed by atoms with van der Waals surface area (Å²) in [7, 11) is 1.57. The van der Waals surface area contributed by atoms with Crippen LogP contribution in [0.2, 0.25) is 0 Å². The summed E-state index contributed by atoms with van der Waals surface area (Å²) in [6.45, 7) is 4.07. The third-order valence-electron chi connectivity index (χ3n) is 14.0. The number of carbonyl (C=O) groups excluding carboxylic acids is 1. The minimum absolute atomic E-state index is 0.100. The second kappa shape index (κ2) is 38.2. The molecule has 3 N–H and O–H groups in total. The molecule has 0 aliphatic rings. The molecule has 0 aliphatic heterocycles. The van der Waals surface area contributed by atoms with Crippen LogP contribution in [-0.4, -0.2) is 69.1 Å². The van der Waals surface area contributed by atoms with Crippen molar-refractivity contribution in [2.75, 3.05) is 26.9 Å². The predicted molar refractivity (Wildman–Crippen MR) is 298 cm³/mol. The van der Waals surface area contributed by atoms with Gasteiger partial charge in [0.05, 0.1) is 24.8 Å². The Morgan fingerprint density at radius 2 is 0.811 bits per heavy atom. The molecule has 74 heavy (non-hydrogen) atoms. The van der Waals surface area contributed by atoms with Crippen LogP contribution in [0.15, 0.2) is 60.7 Å². The summed E-state index contributed by atoms with van der Waals surface area (Å²) in [4.78, 5) is 38.1. The number of aromatic nitrogens is 3. The maximum absolute atomic E-state index is 13.1. The van der Waals surface area contributed by atoms with Crippen LogP contribution >= 0.6 is 0 Å². The lowest BCUT2D eigenvalue weighted by atomic mass is 9.94. The second-order valence-electron chi connectivity index (χ2n) is 20.4. The van der Waals surface area contributed by atoms with Crippen LogP contribution in [0, 0.1) is 5.92 Å². The molecule has 0 amide bonds. The van der Waals surface area contributed by atoms with E-state index < -0.39 is 18.5 Å². The zero-order valence-electron chi connectivity index (χ0n) is 45.7. The normalized spacial score (nSPS) is 11.7. The number of aliphatic carboxylic acids is 1. The van der Waals surface area contributed by atoms with Crippen molar-refractivity contribution in [1.82, 2.24) is 15.0 Å². The topological polar surface area (TPSA) is 170 Å². The summed E-state index contributed by atoms with van der Waals surface area (Å²) in [6.07, 6.45) is 42.3. The van der Waals surface area contributed by atoms with E-state index in [-0.39, 0.29) is 58.2 Å². The van der Waals surface area contributed by atoms with E-state index in [2.05, 4.69) is 28.8 Å². The van der Waals surface area contributed by atoms with Gasteiger partial charge in [0.15, 0.2) is 30.7 Å². The molecule has 4 rings (SSSR count). The van der Waals surface area contributed by atoms with E-state index in [0.717, 1.165) is 25.7 Å². The fraction of sp³-hybridized carbons (Fsp3) is 0.629. The van der Waals surface area contributed by atoms with Crippen molar-refractivity contribution in [3.8, 4) is 62.9 Å². The van der Waals surface area contributed by atoms with Gasteiger partial charge in [-0.3, -0.25) is 0 Å². The van der Waals surface area contributed by atoms with E-state index in [0.29, 0.717) is 23.8 Å². The fourth-order valence-electron chi connectivity index (χ4n) is 9.53. The van der Waals surface area contributed by atoms with Crippen molar-refractivity contribution in [3.63, 3.8) is 0 Å². The summed E-state index contributed by atoms with van der Waals surface area (Å²) in [5.41, 5.74) is 1.12. The maximum atomic E-state index is 13.1. The molecule has 12 nitrogen and oxygen atoms in total. The zero-order valence-corrected chi connectivity index (χ0v) is 45.7. The molecule has 0 fully saturated rings. The highest BCUT2D eigenvalue weighted by atomic mass is 16.6. The molecule has 0 saturated heterocycles. The summed E-state index contributed by atoms with van der Waals surface area (Å²) < 4.78 is 22.2. The first-order valence-electron chi connectivity index (χ1n) is 28.9. The summed E-state index contributed by atoms with van der Waals surface area (Å²) >= 11 is 0. The van der Waals surface area contributed by atoms with Crippen LogP contribution in [0.1, 0.15) is 219 Å². The number of benzene rings is 3. The average Bonchev–Trinajstić information content (AvgIpc) is 3.40. The lowest BCUT2D eigenvalue weighted by Gasteiger charge is -2.17. The van der Waals surface area contributed by atoms with Crippen molar-refractivity contribution in [1.29, 1.82) is 0 Å². The number of carbonyl (C=O) groups is 2. The lowest BCUT2D eigenvalue weighted by molar-refractivity contribution is -0.147. The van der Waals surface area contributed by atoms with Gasteiger partial charge in [0, 0.05) is 17.7 Å². The number of phenols is 2. The number of nitrogens with zero attached hydrogens (tertiary/aromatic N) is 3. The van der Waals surface area contributed by atoms with Crippen molar-refractivity contribution >= 4 is 11.9 Å². The molecule has 0 spiro atoms. The molecule has 410 valence electrons. The molecular weight excluding hydrogens is 931 g/mol. The molecule has 3 aromatic carbocycles. The largest absolute Gasteiger partial charge is 0.507 e. The molecule has 0 aliphatic carbocycles. The van der Waals surface area contributed by atoms with Gasteiger partial charge in [-0.05, 0) is 67.3 Å². The van der Waals surface area contributed by atoms with Gasteiger partial charge in [-0.25, -0.2) is 24.5 Å². The Hall–Kier alpha value is -5.39. The Balaban J connectivity index is 1.27. The van der Waals surface area contributed by atoms with Gasteiger partial charge in [0.2, 0.25) is 0 Å². The van der Waals surface area contributed by atoms with E-state index in [1.165, 1.54) is 204 Å². The fourth-order valence-corrected chi connectivity index (χ4v) is 9.53. The van der Waals surface area contributed by atoms with Gasteiger partial charge in [-0.1, -0.05) is 206 Å². The van der Waals surface area contributed by atoms with Crippen molar-refractivity contribution in [2.24, 2.45) is 5.92 Å². The smallest absolute Gasteiger partial charge is 0.344 e. The molecule has 1 heterocycles. The van der Waals surface area contributed by atoms with Gasteiger partial charge < -0.3 is 34.3 Å². The van der Waals surface area contributed by atoms with Gasteiger partial charge in [0.1, 0.15) is 28.7 Å². The molecular formula is C62H93N3O9. The zero-order chi connectivity index (χ0) is 52.9. The Morgan fingerprint density at radius 3 is 1.18 bits per heavy atom. The van der Waals surface area contributed by atoms with Crippen molar-refractivity contribution in [3.05, 3.63) is 60.7 Å². The van der Waals surface area contributed by atoms with E-state index in [1.54, 1.807) is 43.5 Å². The number of aromatic hydroxyl groups is 2. The van der Waals surface area contributed by atoms with E-state index >= 15 is 0 Å². The van der Waals surface area contributed by atoms with Crippen LogP contribution in [0.5, 0.6) is 28.7 Å². The average molecular weight is 1020 g/mol. The van der Waals surface area contributed by atoms with Crippen molar-refractivity contribution < 1.29 is 43.9 Å². The number of phenolic OH excluding ortho intramolecular Hbond substituents is 2. The molecule has 0 saturated carbocycles. The standard InChI is InChI=1S/C62H93N3O9/c1-4-6-8-10-12-14-16-18-20-21-23-25-27-29-31-33-35-49(34-32-30-28-26-24-22-19-17-15-13-11-9-7-5-2)46-74-59(70)48-73-53-41-43-55(57(67)45-53)62-64-60(50-36-38-51(71-3)39-37-50)63-61(65-62)54-42-40-52(44-56(54)66)72-47-58(68)69/h36-45,49,66-67H,4-35,46-48H2,1-3H3,(H,68,69). The third kappa shape index (κ3) is 25.7. The molecule has 0 radical (unpaired) electrons. The minimum atomic E-state index is -1.15. The summed E-state index contributed by atoms with van der Waals surface area (Å²) in [5.74, 6) is -0.168. The van der Waals surface area contributed by atoms with E-state index in [4.69, 9.17) is 24.1 Å². The van der Waals surface area contributed by atoms with Gasteiger partial charge >= 0.3 is 11.9 Å². The SMILES string of the molecule is CCCCCCCCCCCCCCCCCCC(CCCCCCCCCCCCCCCC)COC(=O)COc1ccc(-c2nc(-c3ccc(OC)cc3)nc(-c3ccc(OCC(=O)O)cc3O)n2)c(O)c1. The number of carboxylic acids is 1. The maximum Gasteiger partial charge on any atom is 0.344 e. The Bertz CT molecular complexity index is 2130. The number of ether oxygens (including phenoxy) is 4. The third-order valence-corrected chi connectivity index (χ3v) is 14.0. The Labute approximate surface area is 444 Å². The molecule has 0 bridgehead atoms. The number of hydrogen-bond acceptors (Lipinski definition) is 11. The monoisotopic (exact) mass is 1020 g/mol. The van der Waals surface area contributed by atoms with Crippen LogP contribution in [0.4, 0.5) is 0 Å². The molecule has 1 atom stereocenters. The summed E-state index contributed by atoms with van der Waals surface area (Å²) in [5, 5.41) is 31.3. The quantitative estimate of drug-likeness (QED) is 0.0283. The first-order valence-corrected chi connectivity index (χ1v) is 28.9. The number of rotatable bonds is 44. The van der Waals surface area contributed by atoms with E-state index in [9.17, 15) is 19.8 Å². The minimum Gasteiger partial charge on any atom is -0.507 e. The number of hydrogen-bond donors (Lipinski definition) is 3. The highest BCUT2D eigenvalue weighted by molar-refractivity contribution is 5.74. The van der Waals surface area contributed by atoms with Gasteiger partial charge in [0.25, 0.3) is 0 Å². The van der Waals surface area contributed by atoms with Crippen LogP contribution in [-0.2, 0) is 14.3 Å². The Morgan fingerprint density at radius 1 is 0.459 bits per heavy atom. The lowest BCUT2D eigenvalue weighted by Crippen LogP contribution is -2.19. The summed E-state index contributed by atoms with van der Waals surface area (Å²) in [6, 6.07) is 16.0. The van der Waals surface area contributed by atoms with Gasteiger partial charge in [-0.2, -0.15) is 0 Å². The highest BCUT2D eigenvalue weighted by Gasteiger charge is 2.19. The first-order chi connectivity index (χ1) is 36.2. The molecule has 12 heteroatoms. The number of methoxy groups -OCH3 is 1. The van der Waals surface area contributed by atoms with Crippen LogP contribution in [0.3, 0.4) is 0 Å². The molecule has 1 aromatic heterocycles. The number of unbranched alkanes of at least 4 members (excludes halogenated alkanes) is 28. The first kappa shape index (κ1) is 61.2. The van der Waals surface area contributed by atoms with Crippen molar-refractivity contribution in [2.45, 2.75) is 219 Å². The van der Waals surface area contributed by atoms with Gasteiger partial charge in [-0.15, -0.1) is 0 Å². The highest BCUT2D eigenvalue weighted by Crippen LogP contribution is 2.36. The molecule has 1 unspecified atom stereocenters.